The number of benzene rings is 2. The largest absolute Gasteiger partial charge is 0.497 e. The van der Waals surface area contributed by atoms with Crippen molar-refractivity contribution in [3.63, 3.8) is 0 Å². The van der Waals surface area contributed by atoms with E-state index in [-0.39, 0.29) is 5.69 Å². The Kier molecular flexibility index (Phi) is 5.35. The average molecular weight is 408 g/mol. The molecule has 9 nitrogen and oxygen atoms in total. The Morgan fingerprint density at radius 3 is 2.50 bits per heavy atom. The zero-order valence-electron chi connectivity index (χ0n) is 17.0. The molecule has 3 aromatic rings. The van der Waals surface area contributed by atoms with Gasteiger partial charge in [0, 0.05) is 17.8 Å². The Hall–Kier alpha value is -3.49. The van der Waals surface area contributed by atoms with Crippen molar-refractivity contribution in [2.24, 2.45) is 0 Å². The first-order valence-electron chi connectivity index (χ1n) is 9.99. The topological polar surface area (TPSA) is 108 Å². The van der Waals surface area contributed by atoms with E-state index in [0.717, 1.165) is 54.2 Å². The van der Waals surface area contributed by atoms with Gasteiger partial charge in [-0.05, 0) is 66.1 Å². The van der Waals surface area contributed by atoms with Crippen LogP contribution in [0.15, 0.2) is 42.5 Å². The number of nitro benzene ring substituents is 1. The summed E-state index contributed by atoms with van der Waals surface area (Å²) in [5.74, 6) is 1.51. The molecular weight excluding hydrogens is 384 g/mol. The van der Waals surface area contributed by atoms with Crippen LogP contribution >= 0.6 is 0 Å². The molecule has 0 bridgehead atoms. The minimum atomic E-state index is -0.426. The molecule has 4 rings (SSSR count). The van der Waals surface area contributed by atoms with Gasteiger partial charge in [-0.25, -0.2) is 0 Å². The second-order valence-electron chi connectivity index (χ2n) is 7.64. The fourth-order valence-corrected chi connectivity index (χ4v) is 4.15. The molecule has 0 spiro atoms. The van der Waals surface area contributed by atoms with Gasteiger partial charge in [-0.1, -0.05) is 19.3 Å². The van der Waals surface area contributed by atoms with Crippen LogP contribution in [0.3, 0.4) is 0 Å². The maximum atomic E-state index is 11.1. The second kappa shape index (κ2) is 8.10. The highest BCUT2D eigenvalue weighted by Gasteiger charge is 2.39. The van der Waals surface area contributed by atoms with E-state index in [4.69, 9.17) is 4.74 Å². The van der Waals surface area contributed by atoms with Crippen molar-refractivity contribution in [2.75, 3.05) is 12.4 Å². The lowest BCUT2D eigenvalue weighted by Crippen LogP contribution is -2.40. The van der Waals surface area contributed by atoms with Crippen LogP contribution in [-0.4, -0.2) is 32.2 Å². The Morgan fingerprint density at radius 2 is 1.87 bits per heavy atom. The molecule has 1 aromatic heterocycles. The summed E-state index contributed by atoms with van der Waals surface area (Å²) in [4.78, 5) is 10.7. The van der Waals surface area contributed by atoms with Crippen molar-refractivity contribution in [1.82, 2.24) is 20.2 Å². The van der Waals surface area contributed by atoms with Crippen molar-refractivity contribution in [1.29, 1.82) is 0 Å². The summed E-state index contributed by atoms with van der Waals surface area (Å²) >= 11 is 0. The van der Waals surface area contributed by atoms with Crippen LogP contribution in [0.25, 0.3) is 5.69 Å². The second-order valence-corrected chi connectivity index (χ2v) is 7.64. The first kappa shape index (κ1) is 19.8. The predicted octanol–water partition coefficient (Wildman–Crippen LogP) is 4.16. The highest BCUT2D eigenvalue weighted by atomic mass is 16.6. The van der Waals surface area contributed by atoms with E-state index < -0.39 is 10.5 Å². The summed E-state index contributed by atoms with van der Waals surface area (Å²) in [6.45, 7) is 1.83. The summed E-state index contributed by atoms with van der Waals surface area (Å²) < 4.78 is 6.97. The fourth-order valence-electron chi connectivity index (χ4n) is 4.15. The zero-order valence-corrected chi connectivity index (χ0v) is 17.0. The Labute approximate surface area is 174 Å². The van der Waals surface area contributed by atoms with Gasteiger partial charge < -0.3 is 10.1 Å². The molecular formula is C21H24N6O3. The van der Waals surface area contributed by atoms with Gasteiger partial charge in [0.25, 0.3) is 5.69 Å². The number of aryl methyl sites for hydroxylation is 1. The number of rotatable bonds is 6. The van der Waals surface area contributed by atoms with Gasteiger partial charge in [-0.2, -0.15) is 4.68 Å². The third-order valence-electron chi connectivity index (χ3n) is 5.70. The van der Waals surface area contributed by atoms with Gasteiger partial charge in [0.2, 0.25) is 0 Å². The number of hydrogen-bond acceptors (Lipinski definition) is 7. The Morgan fingerprint density at radius 1 is 1.13 bits per heavy atom. The van der Waals surface area contributed by atoms with E-state index in [2.05, 4.69) is 20.8 Å². The quantitative estimate of drug-likeness (QED) is 0.482. The molecule has 0 unspecified atom stereocenters. The number of anilines is 1. The summed E-state index contributed by atoms with van der Waals surface area (Å²) in [5, 5.41) is 27.4. The van der Waals surface area contributed by atoms with Crippen LogP contribution in [-0.2, 0) is 5.54 Å². The van der Waals surface area contributed by atoms with Gasteiger partial charge in [-0.3, -0.25) is 10.1 Å². The van der Waals surface area contributed by atoms with Gasteiger partial charge in [-0.15, -0.1) is 5.10 Å². The van der Waals surface area contributed by atoms with Crippen LogP contribution in [0.1, 0.15) is 43.5 Å². The number of tetrazole rings is 1. The van der Waals surface area contributed by atoms with Crippen molar-refractivity contribution < 1.29 is 9.66 Å². The number of nitro groups is 1. The first-order valence-corrected chi connectivity index (χ1v) is 9.99. The maximum absolute atomic E-state index is 11.1. The van der Waals surface area contributed by atoms with Crippen molar-refractivity contribution in [3.05, 3.63) is 64.0 Å². The van der Waals surface area contributed by atoms with E-state index in [1.807, 2.05) is 31.2 Å². The number of nitrogens with zero attached hydrogens (tertiary/aromatic N) is 5. The summed E-state index contributed by atoms with van der Waals surface area (Å²) in [5.41, 5.74) is 2.07. The average Bonchev–Trinajstić information content (AvgIpc) is 3.25. The minimum absolute atomic E-state index is 0.0506. The van der Waals surface area contributed by atoms with Crippen LogP contribution in [0.2, 0.25) is 0 Å². The minimum Gasteiger partial charge on any atom is -0.497 e. The van der Waals surface area contributed by atoms with E-state index in [9.17, 15) is 10.1 Å². The summed E-state index contributed by atoms with van der Waals surface area (Å²) in [6.07, 6.45) is 5.09. The number of nitrogens with one attached hydrogen (secondary N) is 1. The third kappa shape index (κ3) is 3.70. The van der Waals surface area contributed by atoms with Gasteiger partial charge in [0.15, 0.2) is 5.82 Å². The molecule has 0 radical (unpaired) electrons. The van der Waals surface area contributed by atoms with E-state index in [1.54, 1.807) is 23.9 Å². The fraction of sp³-hybridized carbons (Fsp3) is 0.381. The number of non-ortho nitro benzene ring substituents is 1. The van der Waals surface area contributed by atoms with Crippen LogP contribution < -0.4 is 10.1 Å². The van der Waals surface area contributed by atoms with Gasteiger partial charge in [0.1, 0.15) is 5.75 Å². The molecule has 0 saturated heterocycles. The lowest BCUT2D eigenvalue weighted by atomic mass is 9.80. The first-order chi connectivity index (χ1) is 14.5. The molecule has 30 heavy (non-hydrogen) atoms. The highest BCUT2D eigenvalue weighted by Crippen LogP contribution is 2.40. The zero-order chi connectivity index (χ0) is 21.1. The molecule has 156 valence electrons. The highest BCUT2D eigenvalue weighted by molar-refractivity contribution is 5.51. The molecule has 1 aliphatic rings. The molecule has 1 N–H and O–H groups in total. The number of ether oxygens (including phenoxy) is 1. The van der Waals surface area contributed by atoms with E-state index >= 15 is 0 Å². The third-order valence-corrected chi connectivity index (χ3v) is 5.70. The number of aromatic nitrogens is 4. The van der Waals surface area contributed by atoms with Gasteiger partial charge in [0.05, 0.1) is 23.3 Å². The smallest absolute Gasteiger partial charge is 0.269 e. The van der Waals surface area contributed by atoms with Crippen molar-refractivity contribution in [3.8, 4) is 11.4 Å². The molecule has 0 atom stereocenters. The molecule has 1 aliphatic carbocycles. The van der Waals surface area contributed by atoms with Crippen LogP contribution in [0, 0.1) is 17.0 Å². The number of methoxy groups -OCH3 is 1. The SMILES string of the molecule is COc1ccc(NC2(c3nnnn3-c3ccc([N+](=O)[O-])cc3C)CCCCC2)cc1. The molecule has 0 aliphatic heterocycles. The van der Waals surface area contributed by atoms with Gasteiger partial charge >= 0.3 is 0 Å². The Balaban J connectivity index is 1.74. The summed E-state index contributed by atoms with van der Waals surface area (Å²) in [7, 11) is 1.64. The molecule has 2 aromatic carbocycles. The van der Waals surface area contributed by atoms with Crippen LogP contribution in [0.4, 0.5) is 11.4 Å². The molecule has 1 saturated carbocycles. The van der Waals surface area contributed by atoms with Crippen molar-refractivity contribution >= 4 is 11.4 Å². The van der Waals surface area contributed by atoms with E-state index in [0.29, 0.717) is 0 Å². The molecule has 9 heteroatoms. The van der Waals surface area contributed by atoms with Crippen molar-refractivity contribution in [2.45, 2.75) is 44.6 Å². The van der Waals surface area contributed by atoms with E-state index in [1.165, 1.54) is 12.5 Å². The summed E-state index contributed by atoms with van der Waals surface area (Å²) in [6, 6.07) is 12.5. The molecule has 1 heterocycles. The molecule has 1 fully saturated rings. The normalized spacial score (nSPS) is 15.5. The lowest BCUT2D eigenvalue weighted by molar-refractivity contribution is -0.384. The number of hydrogen-bond donors (Lipinski definition) is 1. The monoisotopic (exact) mass is 408 g/mol. The maximum Gasteiger partial charge on any atom is 0.269 e. The lowest BCUT2D eigenvalue weighted by Gasteiger charge is -2.37. The van der Waals surface area contributed by atoms with Crippen LogP contribution in [0.5, 0.6) is 5.75 Å². The standard InChI is InChI=1S/C21H24N6O3/c1-15-14-17(27(28)29)8-11-19(15)26-20(23-24-25-26)21(12-4-3-5-13-21)22-16-6-9-18(30-2)10-7-16/h6-11,14,22H,3-5,12-13H2,1-2H3. The molecule has 0 amide bonds. The predicted molar refractivity (Wildman–Crippen MR) is 112 cm³/mol. The Bertz CT molecular complexity index is 1040.